The van der Waals surface area contributed by atoms with E-state index in [1.54, 1.807) is 0 Å². The van der Waals surface area contributed by atoms with Gasteiger partial charge in [-0.3, -0.25) is 4.98 Å². The fraction of sp³-hybridized carbons (Fsp3) is 0.259. The Balaban J connectivity index is 1.25. The summed E-state index contributed by atoms with van der Waals surface area (Å²) in [5, 5.41) is 4.62. The summed E-state index contributed by atoms with van der Waals surface area (Å²) in [4.78, 5) is 12.7. The third kappa shape index (κ3) is 5.00. The molecule has 0 radical (unpaired) electrons. The standard InChI is InChI=1S/C27H29N5O/c1-19(2)10-14-33-23-6-7-24-20(15-23)16-26(31-24)25-17-21(8-12-29-25)28-11-9-22-18-32-13-4-3-5-27(32)30-22/h3-8,12-13,15-19,31H,9-11,14H2,1-2H3,(H,28,29). The van der Waals surface area contributed by atoms with Crippen LogP contribution in [0.4, 0.5) is 5.69 Å². The van der Waals surface area contributed by atoms with Gasteiger partial charge in [0.25, 0.3) is 0 Å². The van der Waals surface area contributed by atoms with Gasteiger partial charge in [0.1, 0.15) is 11.4 Å². The highest BCUT2D eigenvalue weighted by Gasteiger charge is 2.08. The lowest BCUT2D eigenvalue weighted by Crippen LogP contribution is -2.05. The molecule has 0 amide bonds. The third-order valence-corrected chi connectivity index (χ3v) is 5.72. The number of pyridine rings is 2. The molecule has 33 heavy (non-hydrogen) atoms. The number of benzene rings is 1. The van der Waals surface area contributed by atoms with E-state index in [0.29, 0.717) is 5.92 Å². The second-order valence-corrected chi connectivity index (χ2v) is 8.77. The number of H-pyrrole nitrogens is 1. The molecule has 5 aromatic rings. The van der Waals surface area contributed by atoms with E-state index < -0.39 is 0 Å². The molecule has 0 atom stereocenters. The molecule has 0 fully saturated rings. The molecule has 2 N–H and O–H groups in total. The Labute approximate surface area is 193 Å². The van der Waals surface area contributed by atoms with Crippen LogP contribution in [0.2, 0.25) is 0 Å². The van der Waals surface area contributed by atoms with Crippen LogP contribution in [0, 0.1) is 5.92 Å². The van der Waals surface area contributed by atoms with Gasteiger partial charge in [0.05, 0.1) is 23.7 Å². The zero-order valence-corrected chi connectivity index (χ0v) is 19.1. The van der Waals surface area contributed by atoms with Crippen LogP contribution >= 0.6 is 0 Å². The van der Waals surface area contributed by atoms with Crippen LogP contribution in [0.25, 0.3) is 27.9 Å². The van der Waals surface area contributed by atoms with Crippen molar-refractivity contribution in [2.75, 3.05) is 18.5 Å². The Morgan fingerprint density at radius 1 is 1.09 bits per heavy atom. The number of anilines is 1. The molecule has 5 rings (SSSR count). The summed E-state index contributed by atoms with van der Waals surface area (Å²) in [6.45, 7) is 5.96. The second kappa shape index (κ2) is 9.36. The van der Waals surface area contributed by atoms with Gasteiger partial charge >= 0.3 is 0 Å². The first-order valence-electron chi connectivity index (χ1n) is 11.5. The number of aromatic nitrogens is 4. The zero-order valence-electron chi connectivity index (χ0n) is 19.1. The smallest absolute Gasteiger partial charge is 0.136 e. The second-order valence-electron chi connectivity index (χ2n) is 8.77. The van der Waals surface area contributed by atoms with Crippen LogP contribution in [-0.2, 0) is 6.42 Å². The molecule has 168 valence electrons. The van der Waals surface area contributed by atoms with Crippen molar-refractivity contribution in [2.24, 2.45) is 5.92 Å². The Kier molecular flexibility index (Phi) is 5.98. The Hall–Kier alpha value is -3.80. The number of hydrogen-bond acceptors (Lipinski definition) is 4. The summed E-state index contributed by atoms with van der Waals surface area (Å²) < 4.78 is 7.97. The molecule has 0 unspecified atom stereocenters. The molecule has 6 heteroatoms. The van der Waals surface area contributed by atoms with Crippen LogP contribution in [0.15, 0.2) is 73.2 Å². The molecular formula is C27H29N5O. The summed E-state index contributed by atoms with van der Waals surface area (Å²) in [6, 6.07) is 18.4. The van der Waals surface area contributed by atoms with Crippen LogP contribution in [0.1, 0.15) is 26.0 Å². The van der Waals surface area contributed by atoms with Crippen molar-refractivity contribution in [3.8, 4) is 17.1 Å². The number of rotatable bonds is 9. The number of imidazole rings is 1. The summed E-state index contributed by atoms with van der Waals surface area (Å²) in [6.07, 6.45) is 7.85. The van der Waals surface area contributed by atoms with Crippen molar-refractivity contribution in [2.45, 2.75) is 26.7 Å². The zero-order chi connectivity index (χ0) is 22.6. The van der Waals surface area contributed by atoms with E-state index in [1.165, 1.54) is 0 Å². The minimum Gasteiger partial charge on any atom is -0.494 e. The first-order valence-corrected chi connectivity index (χ1v) is 11.5. The topological polar surface area (TPSA) is 67.2 Å². The van der Waals surface area contributed by atoms with Crippen molar-refractivity contribution in [3.05, 3.63) is 78.9 Å². The Morgan fingerprint density at radius 3 is 2.91 bits per heavy atom. The number of fused-ring (bicyclic) bond motifs is 2. The molecule has 0 aliphatic heterocycles. The molecule has 4 aromatic heterocycles. The lowest BCUT2D eigenvalue weighted by Gasteiger charge is -2.07. The van der Waals surface area contributed by atoms with E-state index in [1.807, 2.05) is 42.7 Å². The van der Waals surface area contributed by atoms with Gasteiger partial charge < -0.3 is 19.4 Å². The highest BCUT2D eigenvalue weighted by Crippen LogP contribution is 2.27. The Bertz CT molecular complexity index is 1330. The van der Waals surface area contributed by atoms with Gasteiger partial charge in [0.2, 0.25) is 0 Å². The van der Waals surface area contributed by atoms with Crippen LogP contribution < -0.4 is 10.1 Å². The fourth-order valence-corrected chi connectivity index (χ4v) is 3.88. The molecule has 0 spiro atoms. The van der Waals surface area contributed by atoms with Gasteiger partial charge in [0, 0.05) is 48.1 Å². The predicted molar refractivity (Wildman–Crippen MR) is 134 cm³/mol. The van der Waals surface area contributed by atoms with Gasteiger partial charge in [-0.2, -0.15) is 0 Å². The molecule has 0 bridgehead atoms. The molecule has 0 saturated heterocycles. The van der Waals surface area contributed by atoms with Gasteiger partial charge in [-0.15, -0.1) is 0 Å². The predicted octanol–water partition coefficient (Wildman–Crippen LogP) is 5.96. The van der Waals surface area contributed by atoms with Crippen molar-refractivity contribution < 1.29 is 4.74 Å². The molecule has 0 aliphatic carbocycles. The molecule has 1 aromatic carbocycles. The maximum Gasteiger partial charge on any atom is 0.136 e. The Morgan fingerprint density at radius 2 is 2.03 bits per heavy atom. The number of aromatic amines is 1. The number of ether oxygens (including phenoxy) is 1. The maximum absolute atomic E-state index is 5.91. The lowest BCUT2D eigenvalue weighted by atomic mass is 10.1. The average molecular weight is 440 g/mol. The van der Waals surface area contributed by atoms with Crippen LogP contribution in [0.3, 0.4) is 0 Å². The number of hydrogen-bond donors (Lipinski definition) is 2. The quantitative estimate of drug-likeness (QED) is 0.297. The van der Waals surface area contributed by atoms with Crippen LogP contribution in [0.5, 0.6) is 5.75 Å². The van der Waals surface area contributed by atoms with E-state index in [2.05, 4.69) is 69.0 Å². The van der Waals surface area contributed by atoms with E-state index in [-0.39, 0.29) is 0 Å². The molecule has 6 nitrogen and oxygen atoms in total. The maximum atomic E-state index is 5.91. The highest BCUT2D eigenvalue weighted by molar-refractivity contribution is 5.86. The highest BCUT2D eigenvalue weighted by atomic mass is 16.5. The van der Waals surface area contributed by atoms with Gasteiger partial charge in [-0.05, 0) is 60.9 Å². The van der Waals surface area contributed by atoms with E-state index >= 15 is 0 Å². The van der Waals surface area contributed by atoms with Crippen molar-refractivity contribution in [1.82, 2.24) is 19.4 Å². The van der Waals surface area contributed by atoms with Crippen molar-refractivity contribution in [3.63, 3.8) is 0 Å². The monoisotopic (exact) mass is 439 g/mol. The van der Waals surface area contributed by atoms with E-state index in [4.69, 9.17) is 4.74 Å². The van der Waals surface area contributed by atoms with Crippen molar-refractivity contribution in [1.29, 1.82) is 0 Å². The summed E-state index contributed by atoms with van der Waals surface area (Å²) in [5.74, 6) is 1.54. The molecule has 0 saturated carbocycles. The minimum atomic E-state index is 0.638. The van der Waals surface area contributed by atoms with Gasteiger partial charge in [-0.1, -0.05) is 19.9 Å². The summed E-state index contributed by atoms with van der Waals surface area (Å²) in [7, 11) is 0. The first-order chi connectivity index (χ1) is 16.1. The van der Waals surface area contributed by atoms with Crippen LogP contribution in [-0.4, -0.2) is 32.5 Å². The third-order valence-electron chi connectivity index (χ3n) is 5.72. The van der Waals surface area contributed by atoms with E-state index in [0.717, 1.165) is 71.1 Å². The van der Waals surface area contributed by atoms with Gasteiger partial charge in [0.15, 0.2) is 0 Å². The van der Waals surface area contributed by atoms with Crippen molar-refractivity contribution >= 4 is 22.2 Å². The molecule has 0 aliphatic rings. The average Bonchev–Trinajstić information content (AvgIpc) is 3.42. The van der Waals surface area contributed by atoms with Gasteiger partial charge in [-0.25, -0.2) is 4.98 Å². The SMILES string of the molecule is CC(C)CCOc1ccc2[nH]c(-c3cc(NCCc4cn5ccccc5n4)ccn3)cc2c1. The fourth-order valence-electron chi connectivity index (χ4n) is 3.88. The first kappa shape index (κ1) is 21.1. The minimum absolute atomic E-state index is 0.638. The summed E-state index contributed by atoms with van der Waals surface area (Å²) in [5.41, 5.74) is 6.07. The number of nitrogens with zero attached hydrogens (tertiary/aromatic N) is 3. The molecular weight excluding hydrogens is 410 g/mol. The molecule has 4 heterocycles. The normalized spacial score (nSPS) is 11.5. The summed E-state index contributed by atoms with van der Waals surface area (Å²) >= 11 is 0. The number of nitrogens with one attached hydrogen (secondary N) is 2. The lowest BCUT2D eigenvalue weighted by molar-refractivity contribution is 0.290. The van der Waals surface area contributed by atoms with E-state index in [9.17, 15) is 0 Å². The largest absolute Gasteiger partial charge is 0.494 e.